The summed E-state index contributed by atoms with van der Waals surface area (Å²) in [6.45, 7) is 2.36. The summed E-state index contributed by atoms with van der Waals surface area (Å²) in [5.74, 6) is -0.620. The van der Waals surface area contributed by atoms with Gasteiger partial charge in [0.25, 0.3) is 5.91 Å². The molecule has 2 aliphatic heterocycles. The number of sulfonamides is 1. The van der Waals surface area contributed by atoms with Crippen LogP contribution in [-0.4, -0.2) is 57.2 Å². The van der Waals surface area contributed by atoms with Crippen molar-refractivity contribution >= 4 is 27.6 Å². The molecule has 0 aromatic heterocycles. The van der Waals surface area contributed by atoms with E-state index in [0.29, 0.717) is 30.6 Å². The molecule has 8 heteroatoms. The molecule has 0 spiro atoms. The second kappa shape index (κ2) is 6.33. The number of amides is 1. The highest BCUT2D eigenvalue weighted by Crippen LogP contribution is 2.35. The number of nitrogens with zero attached hydrogens (tertiary/aromatic N) is 2. The van der Waals surface area contributed by atoms with Crippen molar-refractivity contribution in [2.45, 2.75) is 38.3 Å². The standard InChI is InChI=1S/C17H22N2O5S/c1-11-9-13-10-12(6-7-14(13)19(11)25(3,22)23)16(20)18-8-4-5-15(18)17(21)24-2/h6-7,10-11,15H,4-5,8-9H2,1-3H3/t11-,15-/m1/s1. The van der Waals surface area contributed by atoms with E-state index in [1.165, 1.54) is 17.7 Å². The van der Waals surface area contributed by atoms with Crippen LogP contribution in [0.1, 0.15) is 35.7 Å². The van der Waals surface area contributed by atoms with Gasteiger partial charge in [-0.15, -0.1) is 0 Å². The van der Waals surface area contributed by atoms with Gasteiger partial charge in [-0.2, -0.15) is 0 Å². The zero-order valence-corrected chi connectivity index (χ0v) is 15.4. The molecule has 0 saturated carbocycles. The summed E-state index contributed by atoms with van der Waals surface area (Å²) in [4.78, 5) is 26.2. The fraction of sp³-hybridized carbons (Fsp3) is 0.529. The third-order valence-corrected chi connectivity index (χ3v) is 6.09. The molecule has 0 unspecified atom stereocenters. The molecule has 0 radical (unpaired) electrons. The number of likely N-dealkylation sites (tertiary alicyclic amines) is 1. The van der Waals surface area contributed by atoms with Crippen molar-refractivity contribution in [3.63, 3.8) is 0 Å². The van der Waals surface area contributed by atoms with Gasteiger partial charge in [-0.1, -0.05) is 0 Å². The van der Waals surface area contributed by atoms with E-state index in [1.54, 1.807) is 23.1 Å². The van der Waals surface area contributed by atoms with E-state index in [4.69, 9.17) is 4.74 Å². The van der Waals surface area contributed by atoms with Crippen LogP contribution >= 0.6 is 0 Å². The lowest BCUT2D eigenvalue weighted by Crippen LogP contribution is -2.41. The fourth-order valence-corrected chi connectivity index (χ4v) is 5.06. The maximum absolute atomic E-state index is 12.8. The Bertz CT molecular complexity index is 820. The van der Waals surface area contributed by atoms with Gasteiger partial charge in [-0.3, -0.25) is 9.10 Å². The van der Waals surface area contributed by atoms with E-state index in [1.807, 2.05) is 6.92 Å². The molecule has 1 aromatic carbocycles. The predicted molar refractivity (Wildman–Crippen MR) is 93.0 cm³/mol. The normalized spacial score (nSPS) is 22.8. The van der Waals surface area contributed by atoms with Crippen LogP contribution in [-0.2, 0) is 26.0 Å². The lowest BCUT2D eigenvalue weighted by atomic mass is 10.1. The smallest absolute Gasteiger partial charge is 0.328 e. The molecule has 25 heavy (non-hydrogen) atoms. The van der Waals surface area contributed by atoms with E-state index in [0.717, 1.165) is 12.0 Å². The van der Waals surface area contributed by atoms with Gasteiger partial charge in [0.2, 0.25) is 10.0 Å². The lowest BCUT2D eigenvalue weighted by molar-refractivity contribution is -0.145. The highest BCUT2D eigenvalue weighted by atomic mass is 32.2. The number of carbonyl (C=O) groups excluding carboxylic acids is 2. The number of hydrogen-bond acceptors (Lipinski definition) is 5. The molecular weight excluding hydrogens is 344 g/mol. The average Bonchev–Trinajstić information content (AvgIpc) is 3.15. The van der Waals surface area contributed by atoms with Crippen LogP contribution < -0.4 is 4.31 Å². The molecule has 0 bridgehead atoms. The highest BCUT2D eigenvalue weighted by molar-refractivity contribution is 7.92. The number of hydrogen-bond donors (Lipinski definition) is 0. The Morgan fingerprint density at radius 1 is 1.28 bits per heavy atom. The molecule has 136 valence electrons. The van der Waals surface area contributed by atoms with E-state index >= 15 is 0 Å². The summed E-state index contributed by atoms with van der Waals surface area (Å²) in [7, 11) is -2.04. The Morgan fingerprint density at radius 3 is 2.64 bits per heavy atom. The number of fused-ring (bicyclic) bond motifs is 1. The Hall–Kier alpha value is -2.09. The molecule has 3 rings (SSSR count). The second-order valence-electron chi connectivity index (χ2n) is 6.64. The Morgan fingerprint density at radius 2 is 2.00 bits per heavy atom. The van der Waals surface area contributed by atoms with Crippen LogP contribution in [0.3, 0.4) is 0 Å². The molecule has 0 aliphatic carbocycles. The van der Waals surface area contributed by atoms with Crippen LogP contribution in [0.4, 0.5) is 5.69 Å². The number of methoxy groups -OCH3 is 1. The van der Waals surface area contributed by atoms with Crippen molar-refractivity contribution in [2.75, 3.05) is 24.2 Å². The molecule has 1 aromatic rings. The Kier molecular flexibility index (Phi) is 4.49. The summed E-state index contributed by atoms with van der Waals surface area (Å²) < 4.78 is 30.1. The van der Waals surface area contributed by atoms with Crippen molar-refractivity contribution in [3.05, 3.63) is 29.3 Å². The number of esters is 1. The van der Waals surface area contributed by atoms with Gasteiger partial charge in [-0.25, -0.2) is 13.2 Å². The molecular formula is C17H22N2O5S. The Labute approximate surface area is 147 Å². The first-order chi connectivity index (χ1) is 11.7. The summed E-state index contributed by atoms with van der Waals surface area (Å²) in [5, 5.41) is 0. The van der Waals surface area contributed by atoms with Crippen molar-refractivity contribution < 1.29 is 22.7 Å². The molecule has 0 N–H and O–H groups in total. The van der Waals surface area contributed by atoms with Crippen molar-refractivity contribution in [3.8, 4) is 0 Å². The maximum Gasteiger partial charge on any atom is 0.328 e. The molecule has 1 amide bonds. The lowest BCUT2D eigenvalue weighted by Gasteiger charge is -2.23. The van der Waals surface area contributed by atoms with Gasteiger partial charge in [0.1, 0.15) is 6.04 Å². The van der Waals surface area contributed by atoms with Crippen molar-refractivity contribution in [1.82, 2.24) is 4.90 Å². The fourth-order valence-electron chi connectivity index (χ4n) is 3.80. The minimum Gasteiger partial charge on any atom is -0.467 e. The highest BCUT2D eigenvalue weighted by Gasteiger charge is 2.37. The summed E-state index contributed by atoms with van der Waals surface area (Å²) >= 11 is 0. The number of benzene rings is 1. The number of carbonyl (C=O) groups is 2. The quantitative estimate of drug-likeness (QED) is 0.750. The number of ether oxygens (including phenoxy) is 1. The molecule has 2 heterocycles. The van der Waals surface area contributed by atoms with E-state index in [2.05, 4.69) is 0 Å². The van der Waals surface area contributed by atoms with Crippen LogP contribution in [0.15, 0.2) is 18.2 Å². The maximum atomic E-state index is 12.8. The minimum absolute atomic E-state index is 0.176. The first-order valence-electron chi connectivity index (χ1n) is 8.25. The molecule has 7 nitrogen and oxygen atoms in total. The van der Waals surface area contributed by atoms with E-state index in [9.17, 15) is 18.0 Å². The largest absolute Gasteiger partial charge is 0.467 e. The molecule has 1 saturated heterocycles. The van der Waals surface area contributed by atoms with Crippen LogP contribution in [0.2, 0.25) is 0 Å². The van der Waals surface area contributed by atoms with E-state index < -0.39 is 22.0 Å². The summed E-state index contributed by atoms with van der Waals surface area (Å²) in [6.07, 6.45) is 3.10. The topological polar surface area (TPSA) is 84.0 Å². The zero-order chi connectivity index (χ0) is 18.4. The summed E-state index contributed by atoms with van der Waals surface area (Å²) in [6, 6.07) is 4.33. The van der Waals surface area contributed by atoms with Gasteiger partial charge in [-0.05, 0) is 49.9 Å². The Balaban J connectivity index is 1.90. The third-order valence-electron chi connectivity index (χ3n) is 4.82. The SMILES string of the molecule is COC(=O)[C@H]1CCCN1C(=O)c1ccc2c(c1)C[C@@H](C)N2S(C)(=O)=O. The van der Waals surface area contributed by atoms with Crippen LogP contribution in [0, 0.1) is 0 Å². The van der Waals surface area contributed by atoms with E-state index in [-0.39, 0.29) is 11.9 Å². The first-order valence-corrected chi connectivity index (χ1v) is 10.1. The molecule has 2 atom stereocenters. The average molecular weight is 366 g/mol. The first kappa shape index (κ1) is 17.7. The number of rotatable bonds is 3. The number of anilines is 1. The minimum atomic E-state index is -3.36. The van der Waals surface area contributed by atoms with Crippen LogP contribution in [0.5, 0.6) is 0 Å². The second-order valence-corrected chi connectivity index (χ2v) is 8.49. The third kappa shape index (κ3) is 3.10. The van der Waals surface area contributed by atoms with Crippen LogP contribution in [0.25, 0.3) is 0 Å². The van der Waals surface area contributed by atoms with Gasteiger partial charge in [0.05, 0.1) is 19.1 Å². The van der Waals surface area contributed by atoms with Gasteiger partial charge in [0, 0.05) is 18.2 Å². The van der Waals surface area contributed by atoms with Gasteiger partial charge >= 0.3 is 5.97 Å². The molecule has 2 aliphatic rings. The molecule has 1 fully saturated rings. The van der Waals surface area contributed by atoms with Crippen molar-refractivity contribution in [1.29, 1.82) is 0 Å². The van der Waals surface area contributed by atoms with Gasteiger partial charge < -0.3 is 9.64 Å². The zero-order valence-electron chi connectivity index (χ0n) is 14.6. The van der Waals surface area contributed by atoms with Crippen molar-refractivity contribution in [2.24, 2.45) is 0 Å². The monoisotopic (exact) mass is 366 g/mol. The summed E-state index contributed by atoms with van der Waals surface area (Å²) in [5.41, 5.74) is 1.92. The predicted octanol–water partition coefficient (Wildman–Crippen LogP) is 1.17. The van der Waals surface area contributed by atoms with Gasteiger partial charge in [0.15, 0.2) is 0 Å².